The van der Waals surface area contributed by atoms with Gasteiger partial charge in [-0.3, -0.25) is 0 Å². The van der Waals surface area contributed by atoms with E-state index in [9.17, 15) is 0 Å². The summed E-state index contributed by atoms with van der Waals surface area (Å²) in [5.41, 5.74) is 2.77. The fraction of sp³-hybridized carbons (Fsp3) is 0.214. The van der Waals surface area contributed by atoms with Gasteiger partial charge in [0.25, 0.3) is 0 Å². The molecule has 1 aromatic carbocycles. The number of aryl methyl sites for hydroxylation is 1. The first-order valence-electron chi connectivity index (χ1n) is 6.16. The van der Waals surface area contributed by atoms with Crippen molar-refractivity contribution in [1.29, 1.82) is 0 Å². The molecule has 3 rings (SSSR count). The third-order valence-corrected chi connectivity index (χ3v) is 3.54. The zero-order valence-corrected chi connectivity index (χ0v) is 12.4. The Morgan fingerprint density at radius 2 is 2.05 bits per heavy atom. The molecule has 0 fully saturated rings. The maximum atomic E-state index is 6.07. The van der Waals surface area contributed by atoms with Gasteiger partial charge in [0.15, 0.2) is 0 Å². The molecule has 0 radical (unpaired) electrons. The molecule has 4 nitrogen and oxygen atoms in total. The molecule has 0 saturated carbocycles. The Labute approximate surface area is 126 Å². The molecule has 0 atom stereocenters. The molecule has 0 spiro atoms. The van der Waals surface area contributed by atoms with E-state index < -0.39 is 0 Å². The molecule has 0 aliphatic rings. The fourth-order valence-electron chi connectivity index (χ4n) is 2.18. The van der Waals surface area contributed by atoms with E-state index in [2.05, 4.69) is 15.0 Å². The maximum absolute atomic E-state index is 6.07. The number of hydrogen-bond acceptors (Lipinski definition) is 3. The number of hydrogen-bond donors (Lipinski definition) is 0. The summed E-state index contributed by atoms with van der Waals surface area (Å²) in [5, 5.41) is 0.679. The molecule has 0 saturated heterocycles. The van der Waals surface area contributed by atoms with Gasteiger partial charge < -0.3 is 4.57 Å². The molecule has 2 aromatic heterocycles. The summed E-state index contributed by atoms with van der Waals surface area (Å²) in [6.07, 6.45) is 1.75. The zero-order chi connectivity index (χ0) is 14.1. The van der Waals surface area contributed by atoms with E-state index >= 15 is 0 Å². The molecule has 20 heavy (non-hydrogen) atoms. The number of alkyl halides is 1. The second-order valence-electron chi connectivity index (χ2n) is 4.48. The second-order valence-corrected chi connectivity index (χ2v) is 5.18. The average molecular weight is 307 g/mol. The van der Waals surface area contributed by atoms with Gasteiger partial charge in [-0.1, -0.05) is 11.6 Å². The van der Waals surface area contributed by atoms with Crippen molar-refractivity contribution >= 4 is 34.2 Å². The van der Waals surface area contributed by atoms with Crippen molar-refractivity contribution in [2.75, 3.05) is 0 Å². The third-order valence-electron chi connectivity index (χ3n) is 3.06. The van der Waals surface area contributed by atoms with Crippen LogP contribution in [0.4, 0.5) is 0 Å². The highest BCUT2D eigenvalue weighted by Crippen LogP contribution is 2.22. The largest absolute Gasteiger partial charge is 0.321 e. The summed E-state index contributed by atoms with van der Waals surface area (Å²) in [5.74, 6) is 1.90. The van der Waals surface area contributed by atoms with Crippen LogP contribution in [-0.2, 0) is 12.4 Å². The van der Waals surface area contributed by atoms with E-state index in [1.54, 1.807) is 6.20 Å². The van der Waals surface area contributed by atoms with Gasteiger partial charge >= 0.3 is 0 Å². The van der Waals surface area contributed by atoms with Gasteiger partial charge in [-0.15, -0.1) is 11.6 Å². The Hall–Kier alpha value is -1.65. The third kappa shape index (κ3) is 2.49. The lowest BCUT2D eigenvalue weighted by Crippen LogP contribution is -2.06. The normalized spacial score (nSPS) is 11.2. The monoisotopic (exact) mass is 306 g/mol. The number of benzene rings is 1. The average Bonchev–Trinajstić information content (AvgIpc) is 2.76. The standard InChI is InChI=1S/C14H12Cl2N4/c1-9-17-5-4-11(18-9)8-20-13-6-10(16)2-3-12(13)19-14(20)7-15/h2-6H,7-8H2,1H3. The molecule has 0 aliphatic carbocycles. The Morgan fingerprint density at radius 1 is 1.20 bits per heavy atom. The molecular weight excluding hydrogens is 295 g/mol. The molecule has 0 aliphatic heterocycles. The van der Waals surface area contributed by atoms with Crippen LogP contribution in [0, 0.1) is 6.92 Å². The zero-order valence-electron chi connectivity index (χ0n) is 10.8. The molecular formula is C14H12Cl2N4. The minimum atomic E-state index is 0.344. The van der Waals surface area contributed by atoms with Crippen molar-refractivity contribution < 1.29 is 0 Å². The van der Waals surface area contributed by atoms with Gasteiger partial charge in [-0.25, -0.2) is 15.0 Å². The van der Waals surface area contributed by atoms with Crippen LogP contribution < -0.4 is 0 Å². The topological polar surface area (TPSA) is 43.6 Å². The molecule has 3 aromatic rings. The van der Waals surface area contributed by atoms with E-state index in [-0.39, 0.29) is 0 Å². The molecule has 0 N–H and O–H groups in total. The van der Waals surface area contributed by atoms with Crippen LogP contribution in [0.25, 0.3) is 11.0 Å². The highest BCUT2D eigenvalue weighted by Gasteiger charge is 2.11. The smallest absolute Gasteiger partial charge is 0.125 e. The van der Waals surface area contributed by atoms with Crippen LogP contribution in [-0.4, -0.2) is 19.5 Å². The molecule has 2 heterocycles. The van der Waals surface area contributed by atoms with Crippen LogP contribution in [0.3, 0.4) is 0 Å². The Balaban J connectivity index is 2.11. The maximum Gasteiger partial charge on any atom is 0.125 e. The van der Waals surface area contributed by atoms with Gasteiger partial charge in [0, 0.05) is 11.2 Å². The van der Waals surface area contributed by atoms with Crippen LogP contribution >= 0.6 is 23.2 Å². The SMILES string of the molecule is Cc1nccc(Cn2c(CCl)nc3ccc(Cl)cc32)n1. The molecule has 0 unspecified atom stereocenters. The molecule has 102 valence electrons. The minimum Gasteiger partial charge on any atom is -0.321 e. The van der Waals surface area contributed by atoms with Crippen LogP contribution in [0.1, 0.15) is 17.3 Å². The van der Waals surface area contributed by atoms with Gasteiger partial charge in [0.1, 0.15) is 11.6 Å². The van der Waals surface area contributed by atoms with E-state index in [0.717, 1.165) is 28.4 Å². The quantitative estimate of drug-likeness (QED) is 0.695. The Kier molecular flexibility index (Phi) is 3.59. The minimum absolute atomic E-state index is 0.344. The molecule has 6 heteroatoms. The Morgan fingerprint density at radius 3 is 2.80 bits per heavy atom. The number of fused-ring (bicyclic) bond motifs is 1. The lowest BCUT2D eigenvalue weighted by molar-refractivity contribution is 0.749. The summed E-state index contributed by atoms with van der Waals surface area (Å²) in [7, 11) is 0. The summed E-state index contributed by atoms with van der Waals surface area (Å²) < 4.78 is 2.04. The van der Waals surface area contributed by atoms with Crippen LogP contribution in [0.2, 0.25) is 5.02 Å². The Bertz CT molecular complexity index is 767. The molecule has 0 amide bonds. The van der Waals surface area contributed by atoms with Crippen molar-refractivity contribution in [3.63, 3.8) is 0 Å². The first-order valence-corrected chi connectivity index (χ1v) is 7.08. The number of halogens is 2. The highest BCUT2D eigenvalue weighted by atomic mass is 35.5. The van der Waals surface area contributed by atoms with Gasteiger partial charge in [-0.2, -0.15) is 0 Å². The summed E-state index contributed by atoms with van der Waals surface area (Å²) in [6.45, 7) is 2.47. The number of imidazole rings is 1. The van der Waals surface area contributed by atoms with E-state index in [0.29, 0.717) is 17.4 Å². The number of rotatable bonds is 3. The van der Waals surface area contributed by atoms with Gasteiger partial charge in [0.05, 0.1) is 29.2 Å². The number of aromatic nitrogens is 4. The van der Waals surface area contributed by atoms with Gasteiger partial charge in [0.2, 0.25) is 0 Å². The van der Waals surface area contributed by atoms with Crippen LogP contribution in [0.15, 0.2) is 30.5 Å². The van der Waals surface area contributed by atoms with Crippen molar-refractivity contribution in [3.05, 3.63) is 52.8 Å². The molecule has 0 bridgehead atoms. The van der Waals surface area contributed by atoms with Crippen LogP contribution in [0.5, 0.6) is 0 Å². The predicted octanol–water partition coefficient (Wildman–Crippen LogP) is 3.58. The fourth-order valence-corrected chi connectivity index (χ4v) is 2.55. The highest BCUT2D eigenvalue weighted by molar-refractivity contribution is 6.31. The summed E-state index contributed by atoms with van der Waals surface area (Å²) >= 11 is 12.1. The first kappa shape index (κ1) is 13.3. The lowest BCUT2D eigenvalue weighted by atomic mass is 10.3. The summed E-state index contributed by atoms with van der Waals surface area (Å²) in [6, 6.07) is 7.51. The summed E-state index contributed by atoms with van der Waals surface area (Å²) in [4.78, 5) is 13.0. The lowest BCUT2D eigenvalue weighted by Gasteiger charge is -2.07. The number of nitrogens with zero attached hydrogens (tertiary/aromatic N) is 4. The second kappa shape index (κ2) is 5.38. The predicted molar refractivity (Wildman–Crippen MR) is 80.2 cm³/mol. The van der Waals surface area contributed by atoms with Crippen molar-refractivity contribution in [2.24, 2.45) is 0 Å². The van der Waals surface area contributed by atoms with Crippen molar-refractivity contribution in [1.82, 2.24) is 19.5 Å². The van der Waals surface area contributed by atoms with E-state index in [4.69, 9.17) is 23.2 Å². The van der Waals surface area contributed by atoms with Gasteiger partial charge in [-0.05, 0) is 31.2 Å². The van der Waals surface area contributed by atoms with E-state index in [1.807, 2.05) is 35.8 Å². The first-order chi connectivity index (χ1) is 9.67. The van der Waals surface area contributed by atoms with E-state index in [1.165, 1.54) is 0 Å². The van der Waals surface area contributed by atoms with Crippen molar-refractivity contribution in [3.8, 4) is 0 Å². The van der Waals surface area contributed by atoms with Crippen molar-refractivity contribution in [2.45, 2.75) is 19.3 Å².